The third kappa shape index (κ3) is 4.52. The highest BCUT2D eigenvalue weighted by Crippen LogP contribution is 2.44. The van der Waals surface area contributed by atoms with Crippen LogP contribution in [-0.2, 0) is 10.1 Å². The molecule has 2 aromatic rings. The van der Waals surface area contributed by atoms with Gasteiger partial charge in [0.25, 0.3) is 16.0 Å². The van der Waals surface area contributed by atoms with Gasteiger partial charge in [-0.05, 0) is 55.2 Å². The number of benzene rings is 2. The summed E-state index contributed by atoms with van der Waals surface area (Å²) >= 11 is 0. The topological polar surface area (TPSA) is 101 Å². The molecule has 4 rings (SSSR count). The number of carbonyl (C=O) groups excluding carboxylic acids is 1. The van der Waals surface area contributed by atoms with E-state index in [0.717, 1.165) is 18.7 Å². The number of nitrogens with zero attached hydrogens (tertiary/aromatic N) is 1. The third-order valence-corrected chi connectivity index (χ3v) is 5.83. The lowest BCUT2D eigenvalue weighted by atomic mass is 10.2. The van der Waals surface area contributed by atoms with Crippen molar-refractivity contribution in [3.05, 3.63) is 65.5 Å². The molecule has 144 valence electrons. The first-order valence-corrected chi connectivity index (χ1v) is 9.95. The number of fused-ring (bicyclic) bond motifs is 1. The molecule has 1 aliphatic heterocycles. The molecule has 2 aliphatic rings. The number of halogens is 1. The highest BCUT2D eigenvalue weighted by molar-refractivity contribution is 7.85. The summed E-state index contributed by atoms with van der Waals surface area (Å²) in [6.45, 7) is 3.35. The molecule has 27 heavy (non-hydrogen) atoms. The maximum atomic E-state index is 12.7. The summed E-state index contributed by atoms with van der Waals surface area (Å²) in [6, 6.07) is 12.0. The number of rotatable bonds is 2. The van der Waals surface area contributed by atoms with Crippen molar-refractivity contribution in [3.8, 4) is 0 Å². The van der Waals surface area contributed by atoms with Crippen LogP contribution in [0.25, 0.3) is 0 Å². The Morgan fingerprint density at radius 2 is 1.59 bits per heavy atom. The maximum Gasteiger partial charge on any atom is 0.294 e. The van der Waals surface area contributed by atoms with Gasteiger partial charge in [-0.2, -0.15) is 8.42 Å². The van der Waals surface area contributed by atoms with Crippen molar-refractivity contribution in [3.63, 3.8) is 0 Å². The Morgan fingerprint density at radius 1 is 1.07 bits per heavy atom. The van der Waals surface area contributed by atoms with Crippen molar-refractivity contribution < 1.29 is 22.2 Å². The maximum absolute atomic E-state index is 12.7. The van der Waals surface area contributed by atoms with Gasteiger partial charge in [-0.3, -0.25) is 9.35 Å². The van der Waals surface area contributed by atoms with Crippen LogP contribution in [0.1, 0.15) is 15.9 Å². The monoisotopic (exact) mass is 392 g/mol. The number of nitrogens with two attached hydrogens (primary N) is 1. The van der Waals surface area contributed by atoms with Crippen LogP contribution in [0.5, 0.6) is 0 Å². The summed E-state index contributed by atoms with van der Waals surface area (Å²) in [4.78, 5) is 13.7. The summed E-state index contributed by atoms with van der Waals surface area (Å²) in [5.74, 6) is 0.649. The zero-order chi connectivity index (χ0) is 19.8. The van der Waals surface area contributed by atoms with Crippen molar-refractivity contribution in [1.29, 1.82) is 0 Å². The lowest BCUT2D eigenvalue weighted by Crippen LogP contribution is -2.33. The zero-order valence-corrected chi connectivity index (χ0v) is 15.6. The van der Waals surface area contributed by atoms with Crippen molar-refractivity contribution in [2.45, 2.75) is 17.9 Å². The van der Waals surface area contributed by atoms with Gasteiger partial charge in [0.05, 0.1) is 4.90 Å². The van der Waals surface area contributed by atoms with Gasteiger partial charge in [-0.15, -0.1) is 0 Å². The second kappa shape index (κ2) is 7.38. The van der Waals surface area contributed by atoms with Crippen LogP contribution in [-0.4, -0.2) is 42.9 Å². The predicted molar refractivity (Wildman–Crippen MR) is 98.3 cm³/mol. The molecule has 2 fully saturated rings. The molecule has 1 aliphatic carbocycles. The normalized spacial score (nSPS) is 23.3. The van der Waals surface area contributed by atoms with Crippen LogP contribution in [0.3, 0.4) is 0 Å². The van der Waals surface area contributed by atoms with E-state index in [1.807, 2.05) is 11.8 Å². The molecule has 3 N–H and O–H groups in total. The van der Waals surface area contributed by atoms with Crippen molar-refractivity contribution in [2.24, 2.45) is 17.6 Å². The lowest BCUT2D eigenvalue weighted by molar-refractivity contribution is 0.0773. The largest absolute Gasteiger partial charge is 0.338 e. The summed E-state index contributed by atoms with van der Waals surface area (Å²) in [5.41, 5.74) is 7.31. The molecule has 1 heterocycles. The van der Waals surface area contributed by atoms with E-state index in [0.29, 0.717) is 17.4 Å². The third-order valence-electron chi connectivity index (χ3n) is 4.96. The van der Waals surface area contributed by atoms with Gasteiger partial charge in [-0.1, -0.05) is 17.7 Å². The molecule has 1 saturated carbocycles. The molecule has 6 nitrogen and oxygen atoms in total. The molecule has 0 spiro atoms. The standard InChI is InChI=1S/C12H13FN2O.C7H8O3S/c13-8-3-1-7(2-4-8)12(16)15-5-9-10(6-15)11(9)14;1-6-2-4-7(5-3-6)11(8,9)10/h1-4,9-11H,5-6,14H2;2-5H,1H3,(H,8,9,10). The molecular formula is C19H21FN2O4S. The minimum Gasteiger partial charge on any atom is -0.338 e. The van der Waals surface area contributed by atoms with Gasteiger partial charge in [-0.25, -0.2) is 4.39 Å². The van der Waals surface area contributed by atoms with Crippen molar-refractivity contribution >= 4 is 16.0 Å². The number of piperidine rings is 1. The Hall–Kier alpha value is -2.29. The zero-order valence-electron chi connectivity index (χ0n) is 14.7. The van der Waals surface area contributed by atoms with Crippen LogP contribution < -0.4 is 5.73 Å². The van der Waals surface area contributed by atoms with Crippen LogP contribution in [0, 0.1) is 24.6 Å². The van der Waals surface area contributed by atoms with Crippen LogP contribution >= 0.6 is 0 Å². The molecule has 0 bridgehead atoms. The Kier molecular flexibility index (Phi) is 5.32. The fraction of sp³-hybridized carbons (Fsp3) is 0.316. The molecule has 0 radical (unpaired) electrons. The molecule has 8 heteroatoms. The molecule has 2 atom stereocenters. The average molecular weight is 392 g/mol. The quantitative estimate of drug-likeness (QED) is 0.763. The first kappa shape index (κ1) is 19.5. The number of hydrogen-bond donors (Lipinski definition) is 2. The van der Waals surface area contributed by atoms with Gasteiger partial charge in [0.1, 0.15) is 5.82 Å². The predicted octanol–water partition coefficient (Wildman–Crippen LogP) is 2.10. The Morgan fingerprint density at radius 3 is 2.07 bits per heavy atom. The lowest BCUT2D eigenvalue weighted by Gasteiger charge is -2.18. The number of amides is 1. The van der Waals surface area contributed by atoms with E-state index in [-0.39, 0.29) is 22.7 Å². The minimum atomic E-state index is -4.02. The highest BCUT2D eigenvalue weighted by atomic mass is 32.2. The van der Waals surface area contributed by atoms with Gasteiger partial charge < -0.3 is 10.6 Å². The van der Waals surface area contributed by atoms with Crippen molar-refractivity contribution in [1.82, 2.24) is 4.90 Å². The minimum absolute atomic E-state index is 0.0144. The molecule has 0 aromatic heterocycles. The van der Waals surface area contributed by atoms with E-state index in [2.05, 4.69) is 0 Å². The molecule has 2 unspecified atom stereocenters. The Balaban J connectivity index is 0.000000168. The number of aryl methyl sites for hydroxylation is 1. The van der Waals surface area contributed by atoms with Crippen LogP contribution in [0.15, 0.2) is 53.4 Å². The first-order chi connectivity index (χ1) is 12.7. The van der Waals surface area contributed by atoms with Gasteiger partial charge in [0.15, 0.2) is 0 Å². The second-order valence-electron chi connectivity index (χ2n) is 6.91. The fourth-order valence-electron chi connectivity index (χ4n) is 3.22. The number of likely N-dealkylation sites (tertiary alicyclic amines) is 1. The Labute approximate surface area is 157 Å². The summed E-state index contributed by atoms with van der Waals surface area (Å²) in [5, 5.41) is 0. The smallest absolute Gasteiger partial charge is 0.294 e. The first-order valence-electron chi connectivity index (χ1n) is 8.51. The van der Waals surface area contributed by atoms with Gasteiger partial charge in [0.2, 0.25) is 0 Å². The van der Waals surface area contributed by atoms with Crippen LogP contribution in [0.2, 0.25) is 0 Å². The van der Waals surface area contributed by atoms with Gasteiger partial charge in [0, 0.05) is 24.7 Å². The van der Waals surface area contributed by atoms with E-state index < -0.39 is 10.1 Å². The van der Waals surface area contributed by atoms with Gasteiger partial charge >= 0.3 is 0 Å². The average Bonchev–Trinajstić information content (AvgIpc) is 3.04. The number of carbonyl (C=O) groups is 1. The molecule has 2 aromatic carbocycles. The fourth-order valence-corrected chi connectivity index (χ4v) is 3.70. The number of hydrogen-bond acceptors (Lipinski definition) is 4. The summed E-state index contributed by atoms with van der Waals surface area (Å²) in [6.07, 6.45) is 0. The highest BCUT2D eigenvalue weighted by Gasteiger charge is 2.54. The summed E-state index contributed by atoms with van der Waals surface area (Å²) in [7, 11) is -4.02. The molecule has 1 saturated heterocycles. The molecular weight excluding hydrogens is 371 g/mol. The second-order valence-corrected chi connectivity index (χ2v) is 8.33. The van der Waals surface area contributed by atoms with E-state index in [9.17, 15) is 17.6 Å². The molecule has 1 amide bonds. The summed E-state index contributed by atoms with van der Waals surface area (Å²) < 4.78 is 42.3. The Bertz CT molecular complexity index is 917. The van der Waals surface area contributed by atoms with E-state index in [1.54, 1.807) is 12.1 Å². The van der Waals surface area contributed by atoms with E-state index >= 15 is 0 Å². The SMILES string of the molecule is Cc1ccc(S(=O)(=O)O)cc1.NC1C2CN(C(=O)c3ccc(F)cc3)CC12. The van der Waals surface area contributed by atoms with Crippen molar-refractivity contribution in [2.75, 3.05) is 13.1 Å². The van der Waals surface area contributed by atoms with Crippen LogP contribution in [0.4, 0.5) is 4.39 Å². The van der Waals surface area contributed by atoms with E-state index in [4.69, 9.17) is 10.3 Å². The van der Waals surface area contributed by atoms with E-state index in [1.165, 1.54) is 36.4 Å².